The van der Waals surface area contributed by atoms with Gasteiger partial charge in [-0.3, -0.25) is 14.5 Å². The number of hydrogen-bond acceptors (Lipinski definition) is 5. The molecular formula is C19H26ClN3O4. The molecule has 1 heterocycles. The average Bonchev–Trinajstić information content (AvgIpc) is 2.95. The number of methoxy groups -OCH3 is 1. The summed E-state index contributed by atoms with van der Waals surface area (Å²) < 4.78 is 5.11. The van der Waals surface area contributed by atoms with E-state index in [-0.39, 0.29) is 24.4 Å². The van der Waals surface area contributed by atoms with E-state index in [0.717, 1.165) is 19.5 Å². The van der Waals surface area contributed by atoms with E-state index in [1.54, 1.807) is 25.3 Å². The number of aliphatic hydroxyl groups is 1. The van der Waals surface area contributed by atoms with E-state index in [9.17, 15) is 14.7 Å². The highest BCUT2D eigenvalue weighted by atomic mass is 35.5. The van der Waals surface area contributed by atoms with Crippen LogP contribution in [0, 0.1) is 11.8 Å². The van der Waals surface area contributed by atoms with E-state index in [1.807, 2.05) is 0 Å². The summed E-state index contributed by atoms with van der Waals surface area (Å²) >= 11 is 6.09. The molecule has 1 aliphatic carbocycles. The number of carbonyl (C=O) groups is 2. The van der Waals surface area contributed by atoms with Gasteiger partial charge in [-0.1, -0.05) is 11.6 Å². The maximum Gasteiger partial charge on any atom is 0.238 e. The highest BCUT2D eigenvalue weighted by Crippen LogP contribution is 2.36. The second-order valence-electron chi connectivity index (χ2n) is 7.46. The first kappa shape index (κ1) is 19.9. The van der Waals surface area contributed by atoms with E-state index < -0.39 is 6.10 Å². The Kier molecular flexibility index (Phi) is 6.24. The number of carbonyl (C=O) groups excluding carboxylic acids is 2. The minimum atomic E-state index is -0.523. The van der Waals surface area contributed by atoms with Gasteiger partial charge in [0.1, 0.15) is 5.75 Å². The molecular weight excluding hydrogens is 370 g/mol. The number of fused-ring (bicyclic) bond motifs is 1. The topological polar surface area (TPSA) is 90.9 Å². The third-order valence-corrected chi connectivity index (χ3v) is 5.70. The monoisotopic (exact) mass is 395 g/mol. The molecule has 0 aromatic heterocycles. The standard InChI is InChI=1S/C19H26ClN3O4/c1-11(24)21-16-5-12-8-23(9-13(12)6-17(16)25)10-19(26)22-14-3-4-18(27-2)15(20)7-14/h3-4,7,12-13,16-17,25H,5-6,8-10H2,1-2H3,(H,21,24)(H,22,26)/t12-,13+,16-,17-/m1/s1. The molecule has 0 unspecified atom stereocenters. The largest absolute Gasteiger partial charge is 0.495 e. The lowest BCUT2D eigenvalue weighted by Gasteiger charge is -2.35. The van der Waals surface area contributed by atoms with Crippen molar-refractivity contribution in [3.05, 3.63) is 23.2 Å². The van der Waals surface area contributed by atoms with Gasteiger partial charge in [0.2, 0.25) is 11.8 Å². The van der Waals surface area contributed by atoms with Crippen molar-refractivity contribution in [2.45, 2.75) is 31.9 Å². The number of nitrogens with one attached hydrogen (secondary N) is 2. The fourth-order valence-corrected chi connectivity index (χ4v) is 4.48. The van der Waals surface area contributed by atoms with Gasteiger partial charge in [-0.15, -0.1) is 0 Å². The summed E-state index contributed by atoms with van der Waals surface area (Å²) in [5.74, 6) is 1.08. The maximum atomic E-state index is 12.4. The summed E-state index contributed by atoms with van der Waals surface area (Å²) in [6.45, 7) is 3.34. The normalized spacial score (nSPS) is 27.7. The maximum absolute atomic E-state index is 12.4. The molecule has 1 saturated heterocycles. The van der Waals surface area contributed by atoms with Crippen LogP contribution in [0.5, 0.6) is 5.75 Å². The molecule has 4 atom stereocenters. The van der Waals surface area contributed by atoms with E-state index >= 15 is 0 Å². The number of halogens is 1. The third-order valence-electron chi connectivity index (χ3n) is 5.41. The Balaban J connectivity index is 1.53. The van der Waals surface area contributed by atoms with E-state index in [4.69, 9.17) is 16.3 Å². The van der Waals surface area contributed by atoms with Gasteiger partial charge in [-0.2, -0.15) is 0 Å². The van der Waals surface area contributed by atoms with Crippen molar-refractivity contribution in [2.24, 2.45) is 11.8 Å². The lowest BCUT2D eigenvalue weighted by atomic mass is 9.77. The number of rotatable bonds is 5. The van der Waals surface area contributed by atoms with Crippen LogP contribution < -0.4 is 15.4 Å². The van der Waals surface area contributed by atoms with E-state index in [0.29, 0.717) is 34.7 Å². The zero-order chi connectivity index (χ0) is 19.6. The minimum absolute atomic E-state index is 0.103. The summed E-state index contributed by atoms with van der Waals surface area (Å²) in [6.07, 6.45) is 0.879. The molecule has 0 bridgehead atoms. The lowest BCUT2D eigenvalue weighted by molar-refractivity contribution is -0.121. The zero-order valence-corrected chi connectivity index (χ0v) is 16.3. The van der Waals surface area contributed by atoms with Crippen LogP contribution in [0.25, 0.3) is 0 Å². The molecule has 1 saturated carbocycles. The number of hydrogen-bond donors (Lipinski definition) is 3. The fourth-order valence-electron chi connectivity index (χ4n) is 4.22. The fraction of sp³-hybridized carbons (Fsp3) is 0.579. The van der Waals surface area contributed by atoms with Crippen molar-refractivity contribution in [2.75, 3.05) is 32.1 Å². The van der Waals surface area contributed by atoms with Crippen LogP contribution in [0.3, 0.4) is 0 Å². The van der Waals surface area contributed by atoms with Gasteiger partial charge in [-0.25, -0.2) is 0 Å². The van der Waals surface area contributed by atoms with E-state index in [2.05, 4.69) is 15.5 Å². The summed E-state index contributed by atoms with van der Waals surface area (Å²) in [5.41, 5.74) is 0.628. The van der Waals surface area contributed by atoms with Crippen molar-refractivity contribution >= 4 is 29.1 Å². The molecule has 2 amide bonds. The highest BCUT2D eigenvalue weighted by molar-refractivity contribution is 6.32. The molecule has 27 heavy (non-hydrogen) atoms. The highest BCUT2D eigenvalue weighted by Gasteiger charge is 2.42. The number of nitrogens with zero attached hydrogens (tertiary/aromatic N) is 1. The van der Waals surface area contributed by atoms with E-state index in [1.165, 1.54) is 6.92 Å². The number of benzene rings is 1. The van der Waals surface area contributed by atoms with Crippen LogP contribution in [0.15, 0.2) is 18.2 Å². The number of aliphatic hydroxyl groups excluding tert-OH is 1. The van der Waals surface area contributed by atoms with Crippen molar-refractivity contribution in [1.29, 1.82) is 0 Å². The van der Waals surface area contributed by atoms with Gasteiger partial charge in [0.15, 0.2) is 0 Å². The SMILES string of the molecule is COc1ccc(NC(=O)CN2C[C@H]3C[C@@H](NC(C)=O)[C@H](O)C[C@H]3C2)cc1Cl. The molecule has 0 radical (unpaired) electrons. The molecule has 1 aromatic carbocycles. The molecule has 8 heteroatoms. The Labute approximate surface area is 164 Å². The van der Waals surface area contributed by atoms with Crippen molar-refractivity contribution in [3.8, 4) is 5.75 Å². The van der Waals surface area contributed by atoms with Crippen LogP contribution in [0.2, 0.25) is 5.02 Å². The Morgan fingerprint density at radius 1 is 1.30 bits per heavy atom. The molecule has 1 aliphatic heterocycles. The first-order valence-corrected chi connectivity index (χ1v) is 9.54. The molecule has 2 aliphatic rings. The molecule has 0 spiro atoms. The third kappa shape index (κ3) is 4.91. The van der Waals surface area contributed by atoms with Crippen molar-refractivity contribution < 1.29 is 19.4 Å². The van der Waals surface area contributed by atoms with Crippen LogP contribution in [-0.4, -0.2) is 60.7 Å². The molecule has 1 aromatic rings. The Hall–Kier alpha value is -1.83. The second kappa shape index (κ2) is 8.46. The van der Waals surface area contributed by atoms with Gasteiger partial charge < -0.3 is 20.5 Å². The Bertz CT molecular complexity index is 714. The van der Waals surface area contributed by atoms with Crippen molar-refractivity contribution in [3.63, 3.8) is 0 Å². The Morgan fingerprint density at radius 3 is 2.63 bits per heavy atom. The smallest absolute Gasteiger partial charge is 0.238 e. The first-order chi connectivity index (χ1) is 12.9. The summed E-state index contributed by atoms with van der Waals surface area (Å²) in [4.78, 5) is 25.8. The van der Waals surface area contributed by atoms with Gasteiger partial charge in [0, 0.05) is 25.7 Å². The number of amides is 2. The van der Waals surface area contributed by atoms with Crippen molar-refractivity contribution in [1.82, 2.24) is 10.2 Å². The molecule has 7 nitrogen and oxygen atoms in total. The summed E-state index contributed by atoms with van der Waals surface area (Å²) in [6, 6.07) is 4.93. The van der Waals surface area contributed by atoms with Crippen LogP contribution in [0.1, 0.15) is 19.8 Å². The van der Waals surface area contributed by atoms with Crippen LogP contribution >= 0.6 is 11.6 Å². The number of likely N-dealkylation sites (tertiary alicyclic amines) is 1. The molecule has 2 fully saturated rings. The van der Waals surface area contributed by atoms with Gasteiger partial charge in [0.25, 0.3) is 0 Å². The average molecular weight is 396 g/mol. The molecule has 148 valence electrons. The van der Waals surface area contributed by atoms with Gasteiger partial charge in [-0.05, 0) is 42.9 Å². The summed E-state index contributed by atoms with van der Waals surface area (Å²) in [5, 5.41) is 16.4. The predicted octanol–water partition coefficient (Wildman–Crippen LogP) is 1.49. The van der Waals surface area contributed by atoms with Gasteiger partial charge >= 0.3 is 0 Å². The molecule has 3 N–H and O–H groups in total. The van der Waals surface area contributed by atoms with Crippen LogP contribution in [-0.2, 0) is 9.59 Å². The van der Waals surface area contributed by atoms with Gasteiger partial charge in [0.05, 0.1) is 30.8 Å². The quantitative estimate of drug-likeness (QED) is 0.702. The minimum Gasteiger partial charge on any atom is -0.495 e. The summed E-state index contributed by atoms with van der Waals surface area (Å²) in [7, 11) is 1.54. The predicted molar refractivity (Wildman–Crippen MR) is 103 cm³/mol. The zero-order valence-electron chi connectivity index (χ0n) is 15.6. The number of ether oxygens (including phenoxy) is 1. The number of anilines is 1. The second-order valence-corrected chi connectivity index (χ2v) is 7.86. The lowest BCUT2D eigenvalue weighted by Crippen LogP contribution is -2.48. The Morgan fingerprint density at radius 2 is 2.00 bits per heavy atom. The van der Waals surface area contributed by atoms with Crippen LogP contribution in [0.4, 0.5) is 5.69 Å². The molecule has 3 rings (SSSR count). The first-order valence-electron chi connectivity index (χ1n) is 9.16.